The molecule has 0 bridgehead atoms. The maximum absolute atomic E-state index is 13.1. The second-order valence-corrected chi connectivity index (χ2v) is 7.89. The number of aromatic nitrogens is 4. The van der Waals surface area contributed by atoms with Crippen LogP contribution in [0.5, 0.6) is 0 Å². The number of thioether (sulfide) groups is 1. The van der Waals surface area contributed by atoms with E-state index in [9.17, 15) is 4.79 Å². The zero-order chi connectivity index (χ0) is 20.3. The molecule has 0 unspecified atom stereocenters. The number of benzene rings is 1. The number of pyridine rings is 2. The number of hydrogen-bond donors (Lipinski definition) is 1. The third kappa shape index (κ3) is 3.69. The number of nitrogens with zero attached hydrogens (tertiary/aromatic N) is 5. The Kier molecular flexibility index (Phi) is 4.98. The van der Waals surface area contributed by atoms with E-state index in [1.165, 1.54) is 0 Å². The van der Waals surface area contributed by atoms with E-state index in [-0.39, 0.29) is 5.91 Å². The second-order valence-electron chi connectivity index (χ2n) is 6.81. The molecule has 3 aromatic heterocycles. The molecule has 0 saturated heterocycles. The molecule has 4 aromatic rings. The van der Waals surface area contributed by atoms with Crippen molar-refractivity contribution in [2.24, 2.45) is 4.99 Å². The van der Waals surface area contributed by atoms with Gasteiger partial charge in [-0.1, -0.05) is 42.1 Å². The molecular formula is C22H18N6OS. The van der Waals surface area contributed by atoms with Gasteiger partial charge in [0.05, 0.1) is 35.9 Å². The summed E-state index contributed by atoms with van der Waals surface area (Å²) in [4.78, 5) is 26.3. The first-order chi connectivity index (χ1) is 14.8. The molecule has 4 heterocycles. The van der Waals surface area contributed by atoms with Gasteiger partial charge in [-0.2, -0.15) is 5.10 Å². The van der Waals surface area contributed by atoms with E-state index < -0.39 is 0 Å². The summed E-state index contributed by atoms with van der Waals surface area (Å²) in [6.07, 6.45) is 5.21. The van der Waals surface area contributed by atoms with Crippen molar-refractivity contribution in [1.29, 1.82) is 0 Å². The number of fused-ring (bicyclic) bond motifs is 1. The largest absolute Gasteiger partial charge is 0.301 e. The van der Waals surface area contributed by atoms with Crippen molar-refractivity contribution in [2.45, 2.75) is 6.54 Å². The van der Waals surface area contributed by atoms with Gasteiger partial charge >= 0.3 is 0 Å². The molecular weight excluding hydrogens is 396 g/mol. The molecule has 0 saturated carbocycles. The standard InChI is InChI=1S/C22H18N6OS/c29-21(27-22-24-10-11-30-22)17-12-19(16-4-2-1-3-5-16)26-20-18(17)13-25-28(20)14-15-6-8-23-9-7-15/h1-9,12-13H,10-11,14H2,(H,24,27,29). The molecule has 1 amide bonds. The fourth-order valence-corrected chi connectivity index (χ4v) is 4.07. The fraction of sp³-hybridized carbons (Fsp3) is 0.136. The van der Waals surface area contributed by atoms with Gasteiger partial charge in [-0.25, -0.2) is 9.67 Å². The van der Waals surface area contributed by atoms with Crippen LogP contribution in [-0.2, 0) is 6.54 Å². The summed E-state index contributed by atoms with van der Waals surface area (Å²) in [6, 6.07) is 15.5. The zero-order valence-electron chi connectivity index (χ0n) is 16.0. The Bertz CT molecular complexity index is 1240. The first kappa shape index (κ1) is 18.5. The molecule has 1 aliphatic rings. The lowest BCUT2D eigenvalue weighted by molar-refractivity contribution is 0.0979. The quantitative estimate of drug-likeness (QED) is 0.553. The van der Waals surface area contributed by atoms with Crippen molar-refractivity contribution in [1.82, 2.24) is 25.1 Å². The van der Waals surface area contributed by atoms with E-state index in [1.54, 1.807) is 30.4 Å². The highest BCUT2D eigenvalue weighted by molar-refractivity contribution is 8.14. The summed E-state index contributed by atoms with van der Waals surface area (Å²) in [5.74, 6) is 0.691. The van der Waals surface area contributed by atoms with Crippen molar-refractivity contribution in [3.05, 3.63) is 78.2 Å². The number of carbonyl (C=O) groups excluding carboxylic acids is 1. The highest BCUT2D eigenvalue weighted by Crippen LogP contribution is 2.25. The molecule has 8 heteroatoms. The average molecular weight is 414 g/mol. The zero-order valence-corrected chi connectivity index (χ0v) is 16.8. The van der Waals surface area contributed by atoms with Crippen LogP contribution in [0.2, 0.25) is 0 Å². The van der Waals surface area contributed by atoms with Crippen LogP contribution >= 0.6 is 11.8 Å². The van der Waals surface area contributed by atoms with Crippen LogP contribution in [0, 0.1) is 0 Å². The van der Waals surface area contributed by atoms with Crippen molar-refractivity contribution in [2.75, 3.05) is 12.3 Å². The Morgan fingerprint density at radius 2 is 1.97 bits per heavy atom. The molecule has 30 heavy (non-hydrogen) atoms. The Morgan fingerprint density at radius 1 is 1.13 bits per heavy atom. The fourth-order valence-electron chi connectivity index (χ4n) is 3.34. The van der Waals surface area contributed by atoms with Gasteiger partial charge in [0, 0.05) is 23.7 Å². The summed E-state index contributed by atoms with van der Waals surface area (Å²) in [5.41, 5.74) is 3.93. The number of rotatable bonds is 4. The molecule has 0 radical (unpaired) electrons. The van der Waals surface area contributed by atoms with Crippen molar-refractivity contribution >= 4 is 33.9 Å². The van der Waals surface area contributed by atoms with E-state index in [1.807, 2.05) is 53.2 Å². The van der Waals surface area contributed by atoms with E-state index in [0.29, 0.717) is 28.3 Å². The molecule has 1 aliphatic heterocycles. The normalized spacial score (nSPS) is 13.4. The predicted octanol–water partition coefficient (Wildman–Crippen LogP) is 3.37. The molecule has 148 valence electrons. The highest BCUT2D eigenvalue weighted by Gasteiger charge is 2.20. The Balaban J connectivity index is 1.61. The van der Waals surface area contributed by atoms with Gasteiger partial charge in [0.25, 0.3) is 5.91 Å². The minimum atomic E-state index is -0.198. The van der Waals surface area contributed by atoms with Crippen molar-refractivity contribution < 1.29 is 4.79 Å². The van der Waals surface area contributed by atoms with E-state index >= 15 is 0 Å². The van der Waals surface area contributed by atoms with E-state index in [2.05, 4.69) is 20.4 Å². The van der Waals surface area contributed by atoms with E-state index in [0.717, 1.165) is 29.1 Å². The first-order valence-corrected chi connectivity index (χ1v) is 10.6. The predicted molar refractivity (Wildman–Crippen MR) is 119 cm³/mol. The van der Waals surface area contributed by atoms with Gasteiger partial charge in [0.2, 0.25) is 0 Å². The number of aliphatic imine (C=N–C) groups is 1. The first-order valence-electron chi connectivity index (χ1n) is 9.57. The Labute approximate surface area is 177 Å². The molecule has 0 fully saturated rings. The average Bonchev–Trinajstić information content (AvgIpc) is 3.45. The smallest absolute Gasteiger partial charge is 0.258 e. The van der Waals surface area contributed by atoms with Gasteiger partial charge < -0.3 is 5.32 Å². The summed E-state index contributed by atoms with van der Waals surface area (Å²) in [5, 5.41) is 8.82. The van der Waals surface area contributed by atoms with Gasteiger partial charge in [-0.3, -0.25) is 14.8 Å². The third-order valence-corrected chi connectivity index (χ3v) is 5.70. The van der Waals surface area contributed by atoms with E-state index in [4.69, 9.17) is 4.98 Å². The Hall–Kier alpha value is -3.52. The van der Waals surface area contributed by atoms with Crippen LogP contribution in [-0.4, -0.2) is 43.1 Å². The highest BCUT2D eigenvalue weighted by atomic mass is 32.2. The van der Waals surface area contributed by atoms with Gasteiger partial charge in [0.15, 0.2) is 10.8 Å². The van der Waals surface area contributed by atoms with Crippen molar-refractivity contribution in [3.8, 4) is 11.3 Å². The van der Waals surface area contributed by atoms with Gasteiger partial charge in [0.1, 0.15) is 0 Å². The van der Waals surface area contributed by atoms with Crippen LogP contribution < -0.4 is 5.32 Å². The molecule has 0 atom stereocenters. The second kappa shape index (κ2) is 8.08. The lowest BCUT2D eigenvalue weighted by Crippen LogP contribution is -2.27. The van der Waals surface area contributed by atoms with Crippen LogP contribution in [0.3, 0.4) is 0 Å². The number of amides is 1. The third-order valence-electron chi connectivity index (χ3n) is 4.81. The maximum atomic E-state index is 13.1. The number of hydrogen-bond acceptors (Lipinski definition) is 6. The molecule has 5 rings (SSSR count). The minimum Gasteiger partial charge on any atom is -0.301 e. The lowest BCUT2D eigenvalue weighted by Gasteiger charge is -2.09. The van der Waals surface area contributed by atoms with Crippen LogP contribution in [0.15, 0.2) is 72.1 Å². The summed E-state index contributed by atoms with van der Waals surface area (Å²) >= 11 is 1.55. The molecule has 0 spiro atoms. The maximum Gasteiger partial charge on any atom is 0.258 e. The summed E-state index contributed by atoms with van der Waals surface area (Å²) in [7, 11) is 0. The number of amidine groups is 1. The van der Waals surface area contributed by atoms with Gasteiger partial charge in [-0.05, 0) is 23.8 Å². The summed E-state index contributed by atoms with van der Waals surface area (Å²) < 4.78 is 1.82. The van der Waals surface area contributed by atoms with Crippen molar-refractivity contribution in [3.63, 3.8) is 0 Å². The van der Waals surface area contributed by atoms with Crippen LogP contribution in [0.25, 0.3) is 22.3 Å². The molecule has 1 aromatic carbocycles. The topological polar surface area (TPSA) is 85.1 Å². The molecule has 0 aliphatic carbocycles. The van der Waals surface area contributed by atoms with Crippen LogP contribution in [0.1, 0.15) is 15.9 Å². The Morgan fingerprint density at radius 3 is 2.73 bits per heavy atom. The minimum absolute atomic E-state index is 0.198. The SMILES string of the molecule is O=C(NC1=NCCS1)c1cc(-c2ccccc2)nc2c1cnn2Cc1ccncc1. The van der Waals surface area contributed by atoms with Crippen LogP contribution in [0.4, 0.5) is 0 Å². The lowest BCUT2D eigenvalue weighted by atomic mass is 10.1. The monoisotopic (exact) mass is 414 g/mol. The molecule has 1 N–H and O–H groups in total. The van der Waals surface area contributed by atoms with Gasteiger partial charge in [-0.15, -0.1) is 0 Å². The number of nitrogens with one attached hydrogen (secondary N) is 1. The molecule has 7 nitrogen and oxygen atoms in total. The number of carbonyl (C=O) groups is 1. The summed E-state index contributed by atoms with van der Waals surface area (Å²) in [6.45, 7) is 1.27.